The molecule has 14 heavy (non-hydrogen) atoms. The Kier molecular flexibility index (Phi) is 6.66. The molecule has 0 spiro atoms. The van der Waals surface area contributed by atoms with Crippen LogP contribution in [-0.4, -0.2) is 18.2 Å². The highest BCUT2D eigenvalue weighted by Crippen LogP contribution is 2.35. The molecule has 0 saturated carbocycles. The molecule has 0 rings (SSSR count). The van der Waals surface area contributed by atoms with Gasteiger partial charge in [0.2, 0.25) is 0 Å². The van der Waals surface area contributed by atoms with Crippen molar-refractivity contribution in [3.8, 4) is 0 Å². The molecule has 0 radical (unpaired) electrons. The van der Waals surface area contributed by atoms with Gasteiger partial charge in [-0.2, -0.15) is 24.9 Å². The van der Waals surface area contributed by atoms with Gasteiger partial charge >= 0.3 is 6.18 Å². The molecule has 0 fully saturated rings. The molecule has 0 saturated heterocycles. The van der Waals surface area contributed by atoms with E-state index in [1.54, 1.807) is 25.6 Å². The Balaban J connectivity index is 3.87. The number of hydrogen-bond acceptors (Lipinski definition) is 1. The second-order valence-electron chi connectivity index (χ2n) is 3.88. The Hall–Kier alpha value is 0.140. The maximum Gasteiger partial charge on any atom is 0.392 e. The molecule has 0 aliphatic rings. The number of alkyl halides is 3. The molecule has 1 unspecified atom stereocenters. The van der Waals surface area contributed by atoms with Crippen LogP contribution < -0.4 is 0 Å². The summed E-state index contributed by atoms with van der Waals surface area (Å²) in [6.07, 6.45) is -0.192. The summed E-state index contributed by atoms with van der Waals surface area (Å²) in [4.78, 5) is 0. The fraction of sp³-hybridized carbons (Fsp3) is 1.00. The lowest BCUT2D eigenvalue weighted by atomic mass is 9.90. The van der Waals surface area contributed by atoms with Gasteiger partial charge in [0.15, 0.2) is 0 Å². The molecule has 0 aliphatic carbocycles. The molecule has 4 heteroatoms. The van der Waals surface area contributed by atoms with Gasteiger partial charge in [0.1, 0.15) is 0 Å². The molecule has 0 nitrogen and oxygen atoms in total. The normalized spacial score (nSPS) is 14.8. The minimum atomic E-state index is -4.02. The Morgan fingerprint density at radius 3 is 2.07 bits per heavy atom. The predicted octanol–water partition coefficient (Wildman–Crippen LogP) is 4.35. The second kappa shape index (κ2) is 6.59. The highest BCUT2D eigenvalue weighted by Gasteiger charge is 2.40. The van der Waals surface area contributed by atoms with Crippen molar-refractivity contribution in [1.29, 1.82) is 0 Å². The summed E-state index contributed by atoms with van der Waals surface area (Å²) >= 11 is 1.69. The Bertz CT molecular complexity index is 143. The van der Waals surface area contributed by atoms with E-state index in [1.165, 1.54) is 0 Å². The maximum absolute atomic E-state index is 12.5. The lowest BCUT2D eigenvalue weighted by Gasteiger charge is -2.23. The fourth-order valence-corrected chi connectivity index (χ4v) is 1.98. The van der Waals surface area contributed by atoms with E-state index in [2.05, 4.69) is 0 Å². The van der Waals surface area contributed by atoms with Crippen LogP contribution in [0.25, 0.3) is 0 Å². The van der Waals surface area contributed by atoms with Crippen molar-refractivity contribution in [2.75, 3.05) is 12.0 Å². The van der Waals surface area contributed by atoms with Crippen molar-refractivity contribution >= 4 is 11.8 Å². The van der Waals surface area contributed by atoms with E-state index in [1.807, 2.05) is 6.26 Å². The SMILES string of the molecule is CSCCCCC(C(C)C)C(F)(F)F. The van der Waals surface area contributed by atoms with Gasteiger partial charge in [0, 0.05) is 0 Å². The van der Waals surface area contributed by atoms with Crippen LogP contribution in [0.1, 0.15) is 33.1 Å². The van der Waals surface area contributed by atoms with Gasteiger partial charge in [-0.1, -0.05) is 20.3 Å². The molecular weight excluding hydrogens is 209 g/mol. The maximum atomic E-state index is 12.5. The zero-order valence-electron chi connectivity index (χ0n) is 9.03. The predicted molar refractivity (Wildman–Crippen MR) is 56.6 cm³/mol. The summed E-state index contributed by atoms with van der Waals surface area (Å²) in [6.45, 7) is 3.29. The van der Waals surface area contributed by atoms with Crippen LogP contribution in [0.4, 0.5) is 13.2 Å². The molecule has 0 aliphatic heterocycles. The van der Waals surface area contributed by atoms with E-state index in [4.69, 9.17) is 0 Å². The third-order valence-electron chi connectivity index (χ3n) is 2.34. The second-order valence-corrected chi connectivity index (χ2v) is 4.87. The van der Waals surface area contributed by atoms with E-state index in [0.717, 1.165) is 12.2 Å². The monoisotopic (exact) mass is 228 g/mol. The molecule has 0 bridgehead atoms. The van der Waals surface area contributed by atoms with Crippen LogP contribution in [0.15, 0.2) is 0 Å². The fourth-order valence-electron chi connectivity index (χ4n) is 1.49. The number of hydrogen-bond donors (Lipinski definition) is 0. The van der Waals surface area contributed by atoms with Gasteiger partial charge < -0.3 is 0 Å². The highest BCUT2D eigenvalue weighted by atomic mass is 32.2. The van der Waals surface area contributed by atoms with Crippen molar-refractivity contribution in [2.45, 2.75) is 39.3 Å². The summed E-state index contributed by atoms with van der Waals surface area (Å²) in [5.41, 5.74) is 0. The summed E-state index contributed by atoms with van der Waals surface area (Å²) < 4.78 is 37.4. The van der Waals surface area contributed by atoms with Gasteiger partial charge in [0.05, 0.1) is 5.92 Å². The Morgan fingerprint density at radius 1 is 1.14 bits per heavy atom. The molecular formula is C10H19F3S. The summed E-state index contributed by atoms with van der Waals surface area (Å²) in [6, 6.07) is 0. The summed E-state index contributed by atoms with van der Waals surface area (Å²) in [5.74, 6) is -0.462. The minimum absolute atomic E-state index is 0.279. The Morgan fingerprint density at radius 2 is 1.71 bits per heavy atom. The van der Waals surface area contributed by atoms with Crippen molar-refractivity contribution in [3.05, 3.63) is 0 Å². The van der Waals surface area contributed by atoms with Crippen LogP contribution >= 0.6 is 11.8 Å². The molecule has 0 N–H and O–H groups in total. The zero-order valence-corrected chi connectivity index (χ0v) is 9.84. The number of rotatable bonds is 6. The van der Waals surface area contributed by atoms with Gasteiger partial charge in [0.25, 0.3) is 0 Å². The first-order valence-corrected chi connectivity index (χ1v) is 6.34. The molecule has 86 valence electrons. The molecule has 0 aromatic carbocycles. The number of thioether (sulfide) groups is 1. The third-order valence-corrected chi connectivity index (χ3v) is 3.04. The molecule has 0 amide bonds. The average Bonchev–Trinajstić information content (AvgIpc) is 2.01. The Labute approximate surface area is 88.6 Å². The molecule has 0 heterocycles. The smallest absolute Gasteiger partial charge is 0.171 e. The van der Waals surface area contributed by atoms with Crippen LogP contribution in [0.5, 0.6) is 0 Å². The van der Waals surface area contributed by atoms with Crippen molar-refractivity contribution in [2.24, 2.45) is 11.8 Å². The quantitative estimate of drug-likeness (QED) is 0.609. The minimum Gasteiger partial charge on any atom is -0.171 e. The zero-order chi connectivity index (χ0) is 11.2. The number of unbranched alkanes of at least 4 members (excludes halogenated alkanes) is 1. The summed E-state index contributed by atoms with van der Waals surface area (Å²) in [5, 5.41) is 0. The molecule has 1 atom stereocenters. The van der Waals surface area contributed by atoms with Crippen LogP contribution in [0.2, 0.25) is 0 Å². The van der Waals surface area contributed by atoms with E-state index in [9.17, 15) is 13.2 Å². The van der Waals surface area contributed by atoms with Gasteiger partial charge in [-0.15, -0.1) is 0 Å². The number of halogens is 3. The van der Waals surface area contributed by atoms with Crippen molar-refractivity contribution < 1.29 is 13.2 Å². The van der Waals surface area contributed by atoms with Gasteiger partial charge in [-0.25, -0.2) is 0 Å². The van der Waals surface area contributed by atoms with Crippen LogP contribution in [0.3, 0.4) is 0 Å². The highest BCUT2D eigenvalue weighted by molar-refractivity contribution is 7.98. The lowest BCUT2D eigenvalue weighted by Crippen LogP contribution is -2.27. The van der Waals surface area contributed by atoms with E-state index in [-0.39, 0.29) is 12.3 Å². The first-order chi connectivity index (χ1) is 6.39. The first kappa shape index (κ1) is 14.1. The molecule has 0 aromatic rings. The van der Waals surface area contributed by atoms with E-state index in [0.29, 0.717) is 6.42 Å². The topological polar surface area (TPSA) is 0 Å². The van der Waals surface area contributed by atoms with Gasteiger partial charge in [-0.05, 0) is 30.8 Å². The summed E-state index contributed by atoms with van der Waals surface area (Å²) in [7, 11) is 0. The van der Waals surface area contributed by atoms with Crippen molar-refractivity contribution in [3.63, 3.8) is 0 Å². The van der Waals surface area contributed by atoms with Crippen molar-refractivity contribution in [1.82, 2.24) is 0 Å². The van der Waals surface area contributed by atoms with E-state index >= 15 is 0 Å². The standard InChI is InChI=1S/C10H19F3S/c1-8(2)9(10(11,12)13)6-4-5-7-14-3/h8-9H,4-7H2,1-3H3. The van der Waals surface area contributed by atoms with Gasteiger partial charge in [-0.3, -0.25) is 0 Å². The van der Waals surface area contributed by atoms with Crippen LogP contribution in [-0.2, 0) is 0 Å². The molecule has 0 aromatic heterocycles. The third kappa shape index (κ3) is 5.78. The first-order valence-electron chi connectivity index (χ1n) is 4.95. The lowest BCUT2D eigenvalue weighted by molar-refractivity contribution is -0.187. The van der Waals surface area contributed by atoms with Crippen LogP contribution in [0, 0.1) is 11.8 Å². The largest absolute Gasteiger partial charge is 0.392 e. The average molecular weight is 228 g/mol. The van der Waals surface area contributed by atoms with E-state index < -0.39 is 12.1 Å².